The first-order valence-corrected chi connectivity index (χ1v) is 10.1. The molecular formula is C19H21N3O3S. The number of rotatable bonds is 4. The topological polar surface area (TPSA) is 66.7 Å². The van der Waals surface area contributed by atoms with Gasteiger partial charge in [0.1, 0.15) is 5.69 Å². The largest absolute Gasteiger partial charge is 0.356 e. The van der Waals surface area contributed by atoms with E-state index in [2.05, 4.69) is 10.1 Å². The van der Waals surface area contributed by atoms with Crippen molar-refractivity contribution in [1.82, 2.24) is 14.4 Å². The van der Waals surface area contributed by atoms with Crippen molar-refractivity contribution in [2.24, 2.45) is 0 Å². The summed E-state index contributed by atoms with van der Waals surface area (Å²) in [6.07, 6.45) is 0. The molecule has 2 heterocycles. The molecule has 1 saturated heterocycles. The predicted octanol–water partition coefficient (Wildman–Crippen LogP) is 2.64. The highest BCUT2D eigenvalue weighted by Crippen LogP contribution is 2.23. The second-order valence-electron chi connectivity index (χ2n) is 6.57. The average Bonchev–Trinajstić information content (AvgIpc) is 3.05. The maximum absolute atomic E-state index is 12.9. The van der Waals surface area contributed by atoms with Crippen LogP contribution >= 0.6 is 0 Å². The number of hydrogen-bond donors (Lipinski definition) is 0. The Morgan fingerprint density at radius 1 is 1.00 bits per heavy atom. The fraction of sp³-hybridized carbons (Fsp3) is 0.316. The second-order valence-corrected chi connectivity index (χ2v) is 8.48. The van der Waals surface area contributed by atoms with Gasteiger partial charge >= 0.3 is 0 Å². The summed E-state index contributed by atoms with van der Waals surface area (Å²) in [7, 11) is -3.44. The van der Waals surface area contributed by atoms with Crippen molar-refractivity contribution in [2.45, 2.75) is 18.4 Å². The summed E-state index contributed by atoms with van der Waals surface area (Å²) in [5.74, 6) is 0. The van der Waals surface area contributed by atoms with Crippen LogP contribution in [-0.2, 0) is 16.6 Å². The molecule has 1 aromatic heterocycles. The van der Waals surface area contributed by atoms with Gasteiger partial charge in [-0.05, 0) is 30.7 Å². The highest BCUT2D eigenvalue weighted by atomic mass is 32.2. The maximum Gasteiger partial charge on any atom is 0.243 e. The van der Waals surface area contributed by atoms with E-state index in [1.165, 1.54) is 0 Å². The Labute approximate surface area is 153 Å². The first-order valence-electron chi connectivity index (χ1n) is 8.67. The Morgan fingerprint density at radius 3 is 2.46 bits per heavy atom. The molecule has 4 rings (SSSR count). The van der Waals surface area contributed by atoms with Gasteiger partial charge in [-0.1, -0.05) is 35.5 Å². The monoisotopic (exact) mass is 371 g/mol. The Bertz CT molecular complexity index is 1020. The van der Waals surface area contributed by atoms with Gasteiger partial charge in [0, 0.05) is 38.1 Å². The number of nitrogens with zero attached hydrogens (tertiary/aromatic N) is 3. The lowest BCUT2D eigenvalue weighted by Crippen LogP contribution is -2.48. The van der Waals surface area contributed by atoms with Gasteiger partial charge in [-0.25, -0.2) is 8.42 Å². The van der Waals surface area contributed by atoms with Crippen LogP contribution < -0.4 is 0 Å². The Kier molecular flexibility index (Phi) is 4.52. The molecule has 0 unspecified atom stereocenters. The van der Waals surface area contributed by atoms with Crippen LogP contribution in [0.3, 0.4) is 0 Å². The van der Waals surface area contributed by atoms with Crippen LogP contribution in [0.25, 0.3) is 11.0 Å². The van der Waals surface area contributed by atoms with Crippen molar-refractivity contribution >= 4 is 21.0 Å². The van der Waals surface area contributed by atoms with Crippen LogP contribution in [0.1, 0.15) is 11.3 Å². The molecule has 6 nitrogen and oxygen atoms in total. The number of aromatic nitrogens is 1. The lowest BCUT2D eigenvalue weighted by Gasteiger charge is -2.33. The zero-order chi connectivity index (χ0) is 18.1. The summed E-state index contributed by atoms with van der Waals surface area (Å²) in [6, 6.07) is 14.9. The van der Waals surface area contributed by atoms with Gasteiger partial charge in [-0.15, -0.1) is 0 Å². The third-order valence-corrected chi connectivity index (χ3v) is 6.93. The first kappa shape index (κ1) is 17.2. The summed E-state index contributed by atoms with van der Waals surface area (Å²) >= 11 is 0. The van der Waals surface area contributed by atoms with Crippen molar-refractivity contribution in [2.75, 3.05) is 26.2 Å². The third kappa shape index (κ3) is 3.13. The molecule has 1 aliphatic rings. The Balaban J connectivity index is 1.45. The molecule has 1 aliphatic heterocycles. The standard InChI is InChI=1S/C19H21N3O3S/c1-15-6-2-5-9-19(15)26(23,24)22-12-10-21(11-13-22)14-17-16-7-3-4-8-18(16)25-20-17/h2-9H,10-14H2,1H3. The summed E-state index contributed by atoms with van der Waals surface area (Å²) in [5.41, 5.74) is 2.46. The molecule has 7 heteroatoms. The van der Waals surface area contributed by atoms with Gasteiger partial charge in [0.25, 0.3) is 0 Å². The van der Waals surface area contributed by atoms with Crippen LogP contribution in [0.2, 0.25) is 0 Å². The summed E-state index contributed by atoms with van der Waals surface area (Å²) in [4.78, 5) is 2.62. The minimum atomic E-state index is -3.44. The van der Waals surface area contributed by atoms with Gasteiger partial charge in [0.2, 0.25) is 10.0 Å². The molecule has 0 saturated carbocycles. The highest BCUT2D eigenvalue weighted by molar-refractivity contribution is 7.89. The van der Waals surface area contributed by atoms with E-state index in [1.54, 1.807) is 16.4 Å². The molecule has 26 heavy (non-hydrogen) atoms. The van der Waals surface area contributed by atoms with Crippen molar-refractivity contribution in [3.63, 3.8) is 0 Å². The van der Waals surface area contributed by atoms with Crippen LogP contribution in [0.5, 0.6) is 0 Å². The Morgan fingerprint density at radius 2 is 1.69 bits per heavy atom. The Hall–Kier alpha value is -2.22. The molecule has 0 amide bonds. The van der Waals surface area contributed by atoms with E-state index in [9.17, 15) is 8.42 Å². The fourth-order valence-corrected chi connectivity index (χ4v) is 5.02. The number of piperazine rings is 1. The van der Waals surface area contributed by atoms with Crippen LogP contribution in [0.15, 0.2) is 57.9 Å². The van der Waals surface area contributed by atoms with Crippen molar-refractivity contribution in [1.29, 1.82) is 0 Å². The molecule has 0 N–H and O–H groups in total. The predicted molar refractivity (Wildman–Crippen MR) is 99.2 cm³/mol. The molecule has 1 fully saturated rings. The molecule has 3 aromatic rings. The molecular weight excluding hydrogens is 350 g/mol. The van der Waals surface area contributed by atoms with Crippen molar-refractivity contribution < 1.29 is 12.9 Å². The van der Waals surface area contributed by atoms with E-state index >= 15 is 0 Å². The molecule has 0 aliphatic carbocycles. The SMILES string of the molecule is Cc1ccccc1S(=O)(=O)N1CCN(Cc2noc3ccccc23)CC1. The highest BCUT2D eigenvalue weighted by Gasteiger charge is 2.29. The molecule has 0 atom stereocenters. The van der Waals surface area contributed by atoms with Gasteiger partial charge in [-0.3, -0.25) is 4.90 Å². The zero-order valence-corrected chi connectivity index (χ0v) is 15.4. The van der Waals surface area contributed by atoms with Gasteiger partial charge in [-0.2, -0.15) is 4.31 Å². The molecule has 2 aromatic carbocycles. The zero-order valence-electron chi connectivity index (χ0n) is 14.6. The normalized spacial score (nSPS) is 17.0. The quantitative estimate of drug-likeness (QED) is 0.705. The number of aryl methyl sites for hydroxylation is 1. The lowest BCUT2D eigenvalue weighted by molar-refractivity contribution is 0.178. The summed E-state index contributed by atoms with van der Waals surface area (Å²) in [6.45, 7) is 4.80. The van der Waals surface area contributed by atoms with Gasteiger partial charge in [0.05, 0.1) is 4.90 Å². The van der Waals surface area contributed by atoms with E-state index in [0.29, 0.717) is 37.6 Å². The van der Waals surface area contributed by atoms with E-state index in [4.69, 9.17) is 4.52 Å². The summed E-state index contributed by atoms with van der Waals surface area (Å²) in [5, 5.41) is 5.18. The summed E-state index contributed by atoms with van der Waals surface area (Å²) < 4.78 is 32.7. The lowest BCUT2D eigenvalue weighted by atomic mass is 10.2. The molecule has 0 spiro atoms. The van der Waals surface area contributed by atoms with Crippen LogP contribution in [0, 0.1) is 6.92 Å². The second kappa shape index (κ2) is 6.83. The van der Waals surface area contributed by atoms with Crippen molar-refractivity contribution in [3.8, 4) is 0 Å². The molecule has 136 valence electrons. The molecule has 0 radical (unpaired) electrons. The number of benzene rings is 2. The van der Waals surface area contributed by atoms with E-state index in [1.807, 2.05) is 43.3 Å². The number of hydrogen-bond acceptors (Lipinski definition) is 5. The van der Waals surface area contributed by atoms with E-state index in [-0.39, 0.29) is 0 Å². The molecule has 0 bridgehead atoms. The maximum atomic E-state index is 12.9. The smallest absolute Gasteiger partial charge is 0.243 e. The van der Waals surface area contributed by atoms with Gasteiger partial charge < -0.3 is 4.52 Å². The number of fused-ring (bicyclic) bond motifs is 1. The van der Waals surface area contributed by atoms with Crippen molar-refractivity contribution in [3.05, 3.63) is 59.8 Å². The van der Waals surface area contributed by atoms with Crippen LogP contribution in [0.4, 0.5) is 0 Å². The minimum absolute atomic E-state index is 0.399. The number of para-hydroxylation sites is 1. The van der Waals surface area contributed by atoms with Gasteiger partial charge in [0.15, 0.2) is 5.58 Å². The third-order valence-electron chi connectivity index (χ3n) is 4.87. The van der Waals surface area contributed by atoms with E-state index in [0.717, 1.165) is 22.2 Å². The van der Waals surface area contributed by atoms with Crippen LogP contribution in [-0.4, -0.2) is 49.0 Å². The number of sulfonamides is 1. The minimum Gasteiger partial charge on any atom is -0.356 e. The fourth-order valence-electron chi connectivity index (χ4n) is 3.38. The van der Waals surface area contributed by atoms with E-state index < -0.39 is 10.0 Å². The first-order chi connectivity index (χ1) is 12.6. The average molecular weight is 371 g/mol.